The molecule has 0 aliphatic heterocycles. The van der Waals surface area contributed by atoms with E-state index in [4.69, 9.17) is 9.84 Å². The second-order valence-electron chi connectivity index (χ2n) is 5.37. The van der Waals surface area contributed by atoms with Gasteiger partial charge in [0.05, 0.1) is 13.2 Å². The minimum atomic E-state index is 0.119. The van der Waals surface area contributed by atoms with Crippen molar-refractivity contribution in [2.75, 3.05) is 26.4 Å². The van der Waals surface area contributed by atoms with Crippen molar-refractivity contribution >= 4 is 0 Å². The molecule has 0 spiro atoms. The van der Waals surface area contributed by atoms with Gasteiger partial charge in [-0.05, 0) is 49.8 Å². The lowest BCUT2D eigenvalue weighted by molar-refractivity contribution is 0.0897. The quantitative estimate of drug-likeness (QED) is 0.707. The summed E-state index contributed by atoms with van der Waals surface area (Å²) in [6.07, 6.45) is 3.52. The first kappa shape index (κ1) is 14.5. The zero-order chi connectivity index (χ0) is 13.5. The molecule has 0 bridgehead atoms. The summed E-state index contributed by atoms with van der Waals surface area (Å²) in [5, 5.41) is 12.2. The summed E-state index contributed by atoms with van der Waals surface area (Å²) in [6, 6.07) is 9.39. The van der Waals surface area contributed by atoms with E-state index in [2.05, 4.69) is 36.5 Å². The number of ether oxygens (including phenoxy) is 1. The average molecular weight is 263 g/mol. The minimum Gasteiger partial charge on any atom is -0.394 e. The molecule has 3 nitrogen and oxygen atoms in total. The largest absolute Gasteiger partial charge is 0.394 e. The first-order valence-corrected chi connectivity index (χ1v) is 7.28. The normalized spacial score (nSPS) is 22.2. The van der Waals surface area contributed by atoms with Gasteiger partial charge in [0.25, 0.3) is 0 Å². The molecular formula is C16H25NO2. The highest BCUT2D eigenvalue weighted by molar-refractivity contribution is 5.31. The maximum absolute atomic E-state index is 8.58. The van der Waals surface area contributed by atoms with Crippen LogP contribution in [0.5, 0.6) is 0 Å². The van der Waals surface area contributed by atoms with Crippen LogP contribution < -0.4 is 5.32 Å². The highest BCUT2D eigenvalue weighted by Crippen LogP contribution is 2.38. The van der Waals surface area contributed by atoms with E-state index < -0.39 is 0 Å². The molecule has 1 fully saturated rings. The van der Waals surface area contributed by atoms with Gasteiger partial charge in [0.1, 0.15) is 0 Å². The topological polar surface area (TPSA) is 41.5 Å². The summed E-state index contributed by atoms with van der Waals surface area (Å²) < 4.78 is 5.23. The predicted molar refractivity (Wildman–Crippen MR) is 77.5 cm³/mol. The maximum Gasteiger partial charge on any atom is 0.0697 e. The van der Waals surface area contributed by atoms with Crippen molar-refractivity contribution in [1.29, 1.82) is 0 Å². The lowest BCUT2D eigenvalue weighted by Crippen LogP contribution is -2.40. The molecule has 0 radical (unpaired) electrons. The Balaban J connectivity index is 1.58. The van der Waals surface area contributed by atoms with E-state index in [0.717, 1.165) is 25.5 Å². The zero-order valence-corrected chi connectivity index (χ0v) is 11.8. The monoisotopic (exact) mass is 263 g/mol. The molecule has 0 amide bonds. The molecule has 1 aromatic carbocycles. The van der Waals surface area contributed by atoms with Gasteiger partial charge in [0, 0.05) is 12.6 Å². The SMILES string of the molecule is Cc1ccccc1C1CC(NCCCOCCO)C1. The van der Waals surface area contributed by atoms with E-state index in [0.29, 0.717) is 12.6 Å². The van der Waals surface area contributed by atoms with Crippen LogP contribution in [0.25, 0.3) is 0 Å². The van der Waals surface area contributed by atoms with Gasteiger partial charge in [-0.1, -0.05) is 24.3 Å². The van der Waals surface area contributed by atoms with Crippen LogP contribution in [-0.2, 0) is 4.74 Å². The van der Waals surface area contributed by atoms with Gasteiger partial charge in [0.15, 0.2) is 0 Å². The Bertz CT molecular complexity index is 375. The Morgan fingerprint density at radius 1 is 1.26 bits per heavy atom. The summed E-state index contributed by atoms with van der Waals surface area (Å²) in [6.45, 7) is 4.53. The van der Waals surface area contributed by atoms with Crippen molar-refractivity contribution in [1.82, 2.24) is 5.32 Å². The van der Waals surface area contributed by atoms with E-state index in [9.17, 15) is 0 Å². The van der Waals surface area contributed by atoms with Gasteiger partial charge in [-0.3, -0.25) is 0 Å². The predicted octanol–water partition coefficient (Wildman–Crippen LogP) is 2.23. The van der Waals surface area contributed by atoms with Crippen molar-refractivity contribution in [3.05, 3.63) is 35.4 Å². The molecule has 0 unspecified atom stereocenters. The number of aryl methyl sites for hydroxylation is 1. The summed E-state index contributed by atoms with van der Waals surface area (Å²) in [4.78, 5) is 0. The first-order valence-electron chi connectivity index (χ1n) is 7.28. The second-order valence-corrected chi connectivity index (χ2v) is 5.37. The lowest BCUT2D eigenvalue weighted by Gasteiger charge is -2.37. The number of aliphatic hydroxyl groups is 1. The molecule has 1 aliphatic rings. The van der Waals surface area contributed by atoms with Crippen LogP contribution in [0.4, 0.5) is 0 Å². The van der Waals surface area contributed by atoms with Crippen LogP contribution in [-0.4, -0.2) is 37.5 Å². The first-order chi connectivity index (χ1) is 9.31. The zero-order valence-electron chi connectivity index (χ0n) is 11.8. The molecule has 3 heteroatoms. The third-order valence-corrected chi connectivity index (χ3v) is 3.90. The fourth-order valence-electron chi connectivity index (χ4n) is 2.73. The van der Waals surface area contributed by atoms with Crippen LogP contribution in [0.1, 0.15) is 36.3 Å². The molecule has 2 N–H and O–H groups in total. The van der Waals surface area contributed by atoms with Crippen molar-refractivity contribution < 1.29 is 9.84 Å². The fraction of sp³-hybridized carbons (Fsp3) is 0.625. The second kappa shape index (κ2) is 7.63. The number of benzene rings is 1. The standard InChI is InChI=1S/C16H25NO2/c1-13-5-2-3-6-16(13)14-11-15(12-14)17-7-4-9-19-10-8-18/h2-3,5-6,14-15,17-18H,4,7-12H2,1H3. The Morgan fingerprint density at radius 3 is 2.79 bits per heavy atom. The number of hydrogen-bond acceptors (Lipinski definition) is 3. The Labute approximate surface area is 116 Å². The van der Waals surface area contributed by atoms with E-state index in [1.807, 2.05) is 0 Å². The molecule has 106 valence electrons. The molecule has 0 saturated heterocycles. The van der Waals surface area contributed by atoms with Crippen LogP contribution in [0.3, 0.4) is 0 Å². The van der Waals surface area contributed by atoms with Crippen molar-refractivity contribution in [2.24, 2.45) is 0 Å². The molecule has 1 aliphatic carbocycles. The van der Waals surface area contributed by atoms with Crippen LogP contribution in [0, 0.1) is 6.92 Å². The number of rotatable bonds is 8. The third kappa shape index (κ3) is 4.30. The average Bonchev–Trinajstić information content (AvgIpc) is 2.37. The van der Waals surface area contributed by atoms with Gasteiger partial charge in [-0.2, -0.15) is 0 Å². The molecule has 2 rings (SSSR count). The van der Waals surface area contributed by atoms with Gasteiger partial charge in [0.2, 0.25) is 0 Å². The Kier molecular flexibility index (Phi) is 5.83. The third-order valence-electron chi connectivity index (χ3n) is 3.90. The maximum atomic E-state index is 8.58. The Morgan fingerprint density at radius 2 is 2.05 bits per heavy atom. The summed E-state index contributed by atoms with van der Waals surface area (Å²) in [5.74, 6) is 0.740. The number of nitrogens with one attached hydrogen (secondary N) is 1. The van der Waals surface area contributed by atoms with E-state index >= 15 is 0 Å². The summed E-state index contributed by atoms with van der Waals surface area (Å²) >= 11 is 0. The molecule has 1 aromatic rings. The molecule has 19 heavy (non-hydrogen) atoms. The number of aliphatic hydroxyl groups excluding tert-OH is 1. The van der Waals surface area contributed by atoms with Gasteiger partial charge in [-0.15, -0.1) is 0 Å². The molecule has 0 aromatic heterocycles. The van der Waals surface area contributed by atoms with E-state index in [1.165, 1.54) is 24.0 Å². The van der Waals surface area contributed by atoms with Gasteiger partial charge < -0.3 is 15.2 Å². The van der Waals surface area contributed by atoms with Crippen LogP contribution >= 0.6 is 0 Å². The minimum absolute atomic E-state index is 0.119. The van der Waals surface area contributed by atoms with Crippen molar-refractivity contribution in [2.45, 2.75) is 38.1 Å². The highest BCUT2D eigenvalue weighted by atomic mass is 16.5. The van der Waals surface area contributed by atoms with Crippen LogP contribution in [0.2, 0.25) is 0 Å². The van der Waals surface area contributed by atoms with E-state index in [1.54, 1.807) is 0 Å². The molecular weight excluding hydrogens is 238 g/mol. The molecule has 0 atom stereocenters. The number of hydrogen-bond donors (Lipinski definition) is 2. The summed E-state index contributed by atoms with van der Waals surface area (Å²) in [7, 11) is 0. The smallest absolute Gasteiger partial charge is 0.0697 e. The molecule has 0 heterocycles. The fourth-order valence-corrected chi connectivity index (χ4v) is 2.73. The van der Waals surface area contributed by atoms with Crippen LogP contribution in [0.15, 0.2) is 24.3 Å². The lowest BCUT2D eigenvalue weighted by atomic mass is 9.74. The molecule has 1 saturated carbocycles. The van der Waals surface area contributed by atoms with Crippen molar-refractivity contribution in [3.63, 3.8) is 0 Å². The Hall–Kier alpha value is -0.900. The highest BCUT2D eigenvalue weighted by Gasteiger charge is 2.30. The van der Waals surface area contributed by atoms with Gasteiger partial charge >= 0.3 is 0 Å². The van der Waals surface area contributed by atoms with Crippen molar-refractivity contribution in [3.8, 4) is 0 Å². The van der Waals surface area contributed by atoms with E-state index in [-0.39, 0.29) is 6.61 Å². The summed E-state index contributed by atoms with van der Waals surface area (Å²) in [5.41, 5.74) is 2.94. The van der Waals surface area contributed by atoms with Gasteiger partial charge in [-0.25, -0.2) is 0 Å².